The van der Waals surface area contributed by atoms with Gasteiger partial charge in [0.05, 0.1) is 12.5 Å². The monoisotopic (exact) mass is 210 g/mol. The lowest BCUT2D eigenvalue weighted by Gasteiger charge is -2.06. The smallest absolute Gasteiger partial charge is 0.309 e. The van der Waals surface area contributed by atoms with Gasteiger partial charge in [-0.3, -0.25) is 4.79 Å². The summed E-state index contributed by atoms with van der Waals surface area (Å²) in [4.78, 5) is 10.8. The third-order valence-corrected chi connectivity index (χ3v) is 1.94. The number of carbonyl (C=O) groups excluding carboxylic acids is 1. The zero-order valence-corrected chi connectivity index (χ0v) is 7.43. The second-order valence-corrected chi connectivity index (χ2v) is 2.59. The predicted octanol–water partition coefficient (Wildman–Crippen LogP) is 0.553. The highest BCUT2D eigenvalue weighted by Crippen LogP contribution is 2.01. The van der Waals surface area contributed by atoms with Crippen LogP contribution >= 0.6 is 15.9 Å². The van der Waals surface area contributed by atoms with Gasteiger partial charge in [-0.25, -0.2) is 0 Å². The van der Waals surface area contributed by atoms with Gasteiger partial charge >= 0.3 is 5.97 Å². The molecule has 10 heavy (non-hydrogen) atoms. The van der Waals surface area contributed by atoms with Crippen LogP contribution in [0, 0.1) is 5.92 Å². The molecule has 0 aliphatic heterocycles. The van der Waals surface area contributed by atoms with Gasteiger partial charge in [0, 0.05) is 5.33 Å². The Balaban J connectivity index is 3.42. The fourth-order valence-corrected chi connectivity index (χ4v) is 0.616. The minimum Gasteiger partial charge on any atom is -0.463 e. The van der Waals surface area contributed by atoms with Crippen LogP contribution in [-0.4, -0.2) is 29.6 Å². The number of rotatable bonds is 4. The van der Waals surface area contributed by atoms with E-state index in [1.54, 1.807) is 6.92 Å². The summed E-state index contributed by atoms with van der Waals surface area (Å²) in [5, 5.41) is 8.88. The lowest BCUT2D eigenvalue weighted by Crippen LogP contribution is -2.17. The number of hydrogen-bond donors (Lipinski definition) is 1. The first-order valence-corrected chi connectivity index (χ1v) is 4.18. The minimum atomic E-state index is -0.272. The van der Waals surface area contributed by atoms with Crippen molar-refractivity contribution in [3.05, 3.63) is 0 Å². The average molecular weight is 211 g/mol. The van der Waals surface area contributed by atoms with E-state index in [4.69, 9.17) is 5.11 Å². The van der Waals surface area contributed by atoms with E-state index in [-0.39, 0.29) is 25.1 Å². The number of aliphatic hydroxyl groups excluding tert-OH is 1. The number of hydrogen-bond acceptors (Lipinski definition) is 3. The molecule has 0 bridgehead atoms. The van der Waals surface area contributed by atoms with E-state index in [1.165, 1.54) is 0 Å². The number of halogens is 1. The summed E-state index contributed by atoms with van der Waals surface area (Å²) in [7, 11) is 0. The molecule has 0 spiro atoms. The zero-order valence-electron chi connectivity index (χ0n) is 5.84. The highest BCUT2D eigenvalue weighted by atomic mass is 79.9. The van der Waals surface area contributed by atoms with Crippen LogP contribution in [0.2, 0.25) is 0 Å². The normalized spacial score (nSPS) is 12.7. The van der Waals surface area contributed by atoms with Crippen molar-refractivity contribution < 1.29 is 14.6 Å². The zero-order chi connectivity index (χ0) is 7.98. The van der Waals surface area contributed by atoms with Gasteiger partial charge in [0.1, 0.15) is 6.61 Å². The molecule has 0 aromatic carbocycles. The van der Waals surface area contributed by atoms with Crippen molar-refractivity contribution in [3.63, 3.8) is 0 Å². The van der Waals surface area contributed by atoms with Gasteiger partial charge in [-0.2, -0.15) is 0 Å². The van der Waals surface area contributed by atoms with Crippen molar-refractivity contribution >= 4 is 21.9 Å². The summed E-state index contributed by atoms with van der Waals surface area (Å²) in [6.07, 6.45) is 0. The van der Waals surface area contributed by atoms with Crippen LogP contribution in [-0.2, 0) is 9.53 Å². The predicted molar refractivity (Wildman–Crippen MR) is 41.0 cm³/mol. The summed E-state index contributed by atoms with van der Waals surface area (Å²) < 4.78 is 4.62. The van der Waals surface area contributed by atoms with E-state index in [9.17, 15) is 4.79 Å². The summed E-state index contributed by atoms with van der Waals surface area (Å²) in [5.74, 6) is -0.405. The standard InChI is InChI=1S/C6H11BrO3/c1-5(4-7)6(9)10-3-2-8/h5,8H,2-4H2,1H3. The highest BCUT2D eigenvalue weighted by Gasteiger charge is 2.11. The number of esters is 1. The summed E-state index contributed by atoms with van der Waals surface area (Å²) >= 11 is 3.14. The first kappa shape index (κ1) is 9.91. The molecule has 0 aliphatic carbocycles. The fourth-order valence-electron chi connectivity index (χ4n) is 0.351. The quantitative estimate of drug-likeness (QED) is 0.545. The van der Waals surface area contributed by atoms with E-state index >= 15 is 0 Å². The molecule has 1 unspecified atom stereocenters. The largest absolute Gasteiger partial charge is 0.463 e. The molecule has 60 valence electrons. The topological polar surface area (TPSA) is 46.5 Å². The summed E-state index contributed by atoms with van der Waals surface area (Å²) in [5.41, 5.74) is 0. The van der Waals surface area contributed by atoms with Gasteiger partial charge in [0.15, 0.2) is 0 Å². The second-order valence-electron chi connectivity index (χ2n) is 1.95. The Labute approximate surface area is 68.5 Å². The number of aliphatic hydroxyl groups is 1. The third-order valence-electron chi connectivity index (χ3n) is 0.969. The number of carbonyl (C=O) groups is 1. The minimum absolute atomic E-state index is 0.0934. The molecule has 0 saturated carbocycles. The van der Waals surface area contributed by atoms with Gasteiger partial charge in [0.2, 0.25) is 0 Å². The first-order chi connectivity index (χ1) is 4.72. The Kier molecular flexibility index (Phi) is 5.63. The molecular formula is C6H11BrO3. The highest BCUT2D eigenvalue weighted by molar-refractivity contribution is 9.09. The lowest BCUT2D eigenvalue weighted by atomic mass is 10.2. The Morgan fingerprint density at radius 3 is 2.80 bits per heavy atom. The van der Waals surface area contributed by atoms with E-state index in [0.717, 1.165) is 0 Å². The third kappa shape index (κ3) is 3.85. The fraction of sp³-hybridized carbons (Fsp3) is 0.833. The maximum Gasteiger partial charge on any atom is 0.309 e. The molecule has 0 aromatic rings. The molecule has 0 heterocycles. The molecule has 0 radical (unpaired) electrons. The van der Waals surface area contributed by atoms with Gasteiger partial charge in [-0.05, 0) is 0 Å². The van der Waals surface area contributed by atoms with E-state index < -0.39 is 0 Å². The maximum atomic E-state index is 10.8. The molecule has 0 rings (SSSR count). The summed E-state index contributed by atoms with van der Waals surface area (Å²) in [6, 6.07) is 0. The molecule has 0 fully saturated rings. The van der Waals surface area contributed by atoms with Gasteiger partial charge in [-0.15, -0.1) is 0 Å². The van der Waals surface area contributed by atoms with E-state index in [2.05, 4.69) is 20.7 Å². The average Bonchev–Trinajstić information content (AvgIpc) is 1.98. The molecule has 4 heteroatoms. The van der Waals surface area contributed by atoms with Crippen LogP contribution < -0.4 is 0 Å². The molecule has 0 aromatic heterocycles. The van der Waals surface area contributed by atoms with E-state index in [1.807, 2.05) is 0 Å². The van der Waals surface area contributed by atoms with Crippen molar-refractivity contribution in [2.45, 2.75) is 6.92 Å². The first-order valence-electron chi connectivity index (χ1n) is 3.05. The molecule has 0 saturated heterocycles. The van der Waals surface area contributed by atoms with E-state index in [0.29, 0.717) is 5.33 Å². The van der Waals surface area contributed by atoms with Crippen molar-refractivity contribution in [2.24, 2.45) is 5.92 Å². The Bertz CT molecular complexity index is 105. The molecule has 1 atom stereocenters. The van der Waals surface area contributed by atoms with Crippen LogP contribution in [0.3, 0.4) is 0 Å². The van der Waals surface area contributed by atoms with Crippen LogP contribution in [0.4, 0.5) is 0 Å². The van der Waals surface area contributed by atoms with Gasteiger partial charge in [0.25, 0.3) is 0 Å². The number of ether oxygens (including phenoxy) is 1. The van der Waals surface area contributed by atoms with Crippen LogP contribution in [0.1, 0.15) is 6.92 Å². The van der Waals surface area contributed by atoms with Crippen LogP contribution in [0.5, 0.6) is 0 Å². The van der Waals surface area contributed by atoms with Crippen molar-refractivity contribution in [1.29, 1.82) is 0 Å². The Morgan fingerprint density at radius 1 is 1.80 bits per heavy atom. The van der Waals surface area contributed by atoms with Crippen molar-refractivity contribution in [2.75, 3.05) is 18.5 Å². The SMILES string of the molecule is CC(CBr)C(=O)OCCO. The van der Waals surface area contributed by atoms with Crippen molar-refractivity contribution in [3.8, 4) is 0 Å². The Hall–Kier alpha value is -0.0900. The Morgan fingerprint density at radius 2 is 2.40 bits per heavy atom. The number of alkyl halides is 1. The maximum absolute atomic E-state index is 10.8. The second kappa shape index (κ2) is 5.68. The van der Waals surface area contributed by atoms with Crippen LogP contribution in [0.15, 0.2) is 0 Å². The molecule has 0 amide bonds. The summed E-state index contributed by atoms with van der Waals surface area (Å²) in [6.45, 7) is 1.74. The lowest BCUT2D eigenvalue weighted by molar-refractivity contribution is -0.148. The van der Waals surface area contributed by atoms with Gasteiger partial charge in [-0.1, -0.05) is 22.9 Å². The molecule has 0 aliphatic rings. The molecular weight excluding hydrogens is 200 g/mol. The molecule has 1 N–H and O–H groups in total. The van der Waals surface area contributed by atoms with Gasteiger partial charge < -0.3 is 9.84 Å². The molecule has 3 nitrogen and oxygen atoms in total. The van der Waals surface area contributed by atoms with Crippen molar-refractivity contribution in [1.82, 2.24) is 0 Å². The van der Waals surface area contributed by atoms with Crippen LogP contribution in [0.25, 0.3) is 0 Å².